The summed E-state index contributed by atoms with van der Waals surface area (Å²) < 4.78 is 0. The normalized spacial score (nSPS) is 11.1. The molecule has 0 bridgehead atoms. The largest absolute Gasteiger partial charge is 0.363 e. The third-order valence-corrected chi connectivity index (χ3v) is 3.54. The number of anilines is 1. The number of pyridine rings is 1. The molecule has 1 aromatic heterocycles. The van der Waals surface area contributed by atoms with Crippen LogP contribution >= 0.6 is 24.0 Å². The number of nitrogens with one attached hydrogen (secondary N) is 2. The number of hydrogen-bond acceptors (Lipinski definition) is 3. The highest BCUT2D eigenvalue weighted by molar-refractivity contribution is 14.0. The molecule has 0 unspecified atom stereocenters. The van der Waals surface area contributed by atoms with Gasteiger partial charge in [0.05, 0.1) is 12.1 Å². The van der Waals surface area contributed by atoms with Crippen molar-refractivity contribution in [3.63, 3.8) is 0 Å². The molecule has 0 aliphatic heterocycles. The zero-order valence-electron chi connectivity index (χ0n) is 15.0. The van der Waals surface area contributed by atoms with Crippen LogP contribution in [0.25, 0.3) is 10.9 Å². The van der Waals surface area contributed by atoms with Gasteiger partial charge in [0.2, 0.25) is 0 Å². The van der Waals surface area contributed by atoms with Crippen molar-refractivity contribution in [2.75, 3.05) is 32.1 Å². The van der Waals surface area contributed by atoms with Crippen LogP contribution in [0.2, 0.25) is 0 Å². The number of para-hydroxylation sites is 1. The second-order valence-corrected chi connectivity index (χ2v) is 5.67. The first-order chi connectivity index (χ1) is 11.2. The molecule has 6 heteroatoms. The first-order valence-electron chi connectivity index (χ1n) is 8.23. The van der Waals surface area contributed by atoms with E-state index in [-0.39, 0.29) is 24.0 Å². The minimum Gasteiger partial charge on any atom is -0.363 e. The van der Waals surface area contributed by atoms with Crippen molar-refractivity contribution in [2.24, 2.45) is 4.99 Å². The maximum Gasteiger partial charge on any atom is 0.191 e. The second-order valence-electron chi connectivity index (χ2n) is 5.67. The summed E-state index contributed by atoms with van der Waals surface area (Å²) in [6.45, 7) is 6.63. The summed E-state index contributed by atoms with van der Waals surface area (Å²) in [5.74, 6) is 1.82. The van der Waals surface area contributed by atoms with Gasteiger partial charge in [-0.15, -0.1) is 24.0 Å². The van der Waals surface area contributed by atoms with Crippen LogP contribution in [0.1, 0.15) is 25.8 Å². The van der Waals surface area contributed by atoms with Crippen molar-refractivity contribution in [2.45, 2.75) is 26.8 Å². The Kier molecular flexibility index (Phi) is 8.81. The van der Waals surface area contributed by atoms with Gasteiger partial charge in [-0.25, -0.2) is 9.98 Å². The summed E-state index contributed by atoms with van der Waals surface area (Å²) in [6, 6.07) is 10.4. The van der Waals surface area contributed by atoms with Crippen LogP contribution < -0.4 is 15.5 Å². The van der Waals surface area contributed by atoms with Crippen molar-refractivity contribution in [3.8, 4) is 0 Å². The fraction of sp³-hybridized carbons (Fsp3) is 0.444. The molecule has 0 saturated heterocycles. The maximum absolute atomic E-state index is 4.72. The molecule has 2 aromatic rings. The zero-order valence-corrected chi connectivity index (χ0v) is 17.3. The van der Waals surface area contributed by atoms with E-state index in [0.717, 1.165) is 42.2 Å². The van der Waals surface area contributed by atoms with Crippen LogP contribution in [0.5, 0.6) is 0 Å². The van der Waals surface area contributed by atoms with Gasteiger partial charge in [-0.2, -0.15) is 0 Å². The standard InChI is InChI=1S/C18H27N5.HI/c1-5-11-20-18(19-6-2)21-13-14-12-17(23(3)4)22-16-10-8-7-9-15(14)16;/h7-10,12H,5-6,11,13H2,1-4H3,(H2,19,20,21);1H. The molecule has 5 nitrogen and oxygen atoms in total. The zero-order chi connectivity index (χ0) is 16.7. The summed E-state index contributed by atoms with van der Waals surface area (Å²) in [5, 5.41) is 7.79. The van der Waals surface area contributed by atoms with Crippen LogP contribution in [0, 0.1) is 0 Å². The number of aliphatic imine (C=N–C) groups is 1. The van der Waals surface area contributed by atoms with Crippen LogP contribution in [-0.2, 0) is 6.54 Å². The van der Waals surface area contributed by atoms with E-state index in [4.69, 9.17) is 9.98 Å². The van der Waals surface area contributed by atoms with Gasteiger partial charge in [0.1, 0.15) is 5.82 Å². The van der Waals surface area contributed by atoms with Gasteiger partial charge in [-0.05, 0) is 31.0 Å². The number of hydrogen-bond donors (Lipinski definition) is 2. The Morgan fingerprint density at radius 3 is 2.58 bits per heavy atom. The molecule has 132 valence electrons. The highest BCUT2D eigenvalue weighted by Gasteiger charge is 2.07. The lowest BCUT2D eigenvalue weighted by Gasteiger charge is -2.15. The maximum atomic E-state index is 4.72. The summed E-state index contributed by atoms with van der Waals surface area (Å²) >= 11 is 0. The summed E-state index contributed by atoms with van der Waals surface area (Å²) in [5.41, 5.74) is 2.20. The fourth-order valence-corrected chi connectivity index (χ4v) is 2.34. The number of benzene rings is 1. The Balaban J connectivity index is 0.00000288. The SMILES string of the molecule is CCCNC(=NCc1cc(N(C)C)nc2ccccc12)NCC.I. The summed E-state index contributed by atoms with van der Waals surface area (Å²) in [7, 11) is 4.02. The summed E-state index contributed by atoms with van der Waals surface area (Å²) in [6.07, 6.45) is 1.08. The predicted molar refractivity (Wildman–Crippen MR) is 115 cm³/mol. The van der Waals surface area contributed by atoms with Crippen molar-refractivity contribution in [1.82, 2.24) is 15.6 Å². The average molecular weight is 441 g/mol. The molecule has 2 N–H and O–H groups in total. The Labute approximate surface area is 162 Å². The van der Waals surface area contributed by atoms with Crippen molar-refractivity contribution >= 4 is 46.7 Å². The molecule has 0 amide bonds. The lowest BCUT2D eigenvalue weighted by molar-refractivity contribution is 0.785. The van der Waals surface area contributed by atoms with Crippen molar-refractivity contribution in [3.05, 3.63) is 35.9 Å². The molecule has 0 aliphatic rings. The molecule has 24 heavy (non-hydrogen) atoms. The van der Waals surface area contributed by atoms with E-state index in [1.54, 1.807) is 0 Å². The van der Waals surface area contributed by atoms with Crippen LogP contribution in [-0.4, -0.2) is 38.1 Å². The third-order valence-electron chi connectivity index (χ3n) is 3.54. The molecule has 0 atom stereocenters. The molecule has 1 heterocycles. The van der Waals surface area contributed by atoms with Gasteiger partial charge < -0.3 is 15.5 Å². The number of guanidine groups is 1. The molecular weight excluding hydrogens is 413 g/mol. The highest BCUT2D eigenvalue weighted by atomic mass is 127. The van der Waals surface area contributed by atoms with Gasteiger partial charge >= 0.3 is 0 Å². The Morgan fingerprint density at radius 1 is 1.17 bits per heavy atom. The Bertz CT molecular complexity index is 670. The number of halogens is 1. The first-order valence-corrected chi connectivity index (χ1v) is 8.23. The number of nitrogens with zero attached hydrogens (tertiary/aromatic N) is 3. The highest BCUT2D eigenvalue weighted by Crippen LogP contribution is 2.22. The average Bonchev–Trinajstić information content (AvgIpc) is 2.56. The minimum atomic E-state index is 0. The number of aromatic nitrogens is 1. The Morgan fingerprint density at radius 2 is 1.92 bits per heavy atom. The van der Waals surface area contributed by atoms with Gasteiger partial charge in [0, 0.05) is 32.6 Å². The molecule has 0 fully saturated rings. The van der Waals surface area contributed by atoms with Crippen molar-refractivity contribution in [1.29, 1.82) is 0 Å². The van der Waals surface area contributed by atoms with Gasteiger partial charge in [-0.3, -0.25) is 0 Å². The van der Waals surface area contributed by atoms with E-state index >= 15 is 0 Å². The van der Waals surface area contributed by atoms with Gasteiger partial charge in [0.15, 0.2) is 5.96 Å². The molecule has 0 saturated carbocycles. The van der Waals surface area contributed by atoms with Crippen LogP contribution in [0.3, 0.4) is 0 Å². The second kappa shape index (κ2) is 10.3. The molecule has 0 spiro atoms. The number of fused-ring (bicyclic) bond motifs is 1. The molecule has 0 radical (unpaired) electrons. The first kappa shape index (κ1) is 20.5. The predicted octanol–water partition coefficient (Wildman–Crippen LogP) is 3.38. The monoisotopic (exact) mass is 441 g/mol. The quantitative estimate of drug-likeness (QED) is 0.410. The molecule has 2 rings (SSSR count). The molecule has 1 aromatic carbocycles. The van der Waals surface area contributed by atoms with Crippen molar-refractivity contribution < 1.29 is 0 Å². The third kappa shape index (κ3) is 5.51. The smallest absolute Gasteiger partial charge is 0.191 e. The fourth-order valence-electron chi connectivity index (χ4n) is 2.34. The van der Waals surface area contributed by atoms with Crippen LogP contribution in [0.4, 0.5) is 5.82 Å². The van der Waals surface area contributed by atoms with E-state index in [1.165, 1.54) is 5.56 Å². The van der Waals surface area contributed by atoms with E-state index in [1.807, 2.05) is 31.1 Å². The Hall–Kier alpha value is -1.57. The summed E-state index contributed by atoms with van der Waals surface area (Å²) in [4.78, 5) is 11.4. The molecular formula is C18H28IN5. The van der Waals surface area contributed by atoms with E-state index in [9.17, 15) is 0 Å². The lowest BCUT2D eigenvalue weighted by atomic mass is 10.1. The van der Waals surface area contributed by atoms with E-state index < -0.39 is 0 Å². The van der Waals surface area contributed by atoms with E-state index in [2.05, 4.69) is 42.7 Å². The number of rotatable bonds is 6. The van der Waals surface area contributed by atoms with Gasteiger partial charge in [-0.1, -0.05) is 25.1 Å². The van der Waals surface area contributed by atoms with Crippen LogP contribution in [0.15, 0.2) is 35.3 Å². The minimum absolute atomic E-state index is 0. The lowest BCUT2D eigenvalue weighted by Crippen LogP contribution is -2.37. The van der Waals surface area contributed by atoms with Gasteiger partial charge in [0.25, 0.3) is 0 Å². The molecule has 0 aliphatic carbocycles. The topological polar surface area (TPSA) is 52.6 Å². The van der Waals surface area contributed by atoms with E-state index in [0.29, 0.717) is 6.54 Å².